The van der Waals surface area contributed by atoms with Crippen molar-refractivity contribution in [3.8, 4) is 0 Å². The van der Waals surface area contributed by atoms with Crippen molar-refractivity contribution in [1.82, 2.24) is 10.2 Å². The molecule has 0 aromatic carbocycles. The van der Waals surface area contributed by atoms with E-state index < -0.39 is 5.97 Å². The van der Waals surface area contributed by atoms with Crippen molar-refractivity contribution in [3.63, 3.8) is 0 Å². The third-order valence-electron chi connectivity index (χ3n) is 3.41. The average molecular weight is 299 g/mol. The summed E-state index contributed by atoms with van der Waals surface area (Å²) in [6, 6.07) is 0. The number of rotatable bonds is 11. The van der Waals surface area contributed by atoms with Crippen LogP contribution in [0.15, 0.2) is 4.99 Å². The van der Waals surface area contributed by atoms with E-state index in [1.54, 1.807) is 0 Å². The summed E-state index contributed by atoms with van der Waals surface area (Å²) in [4.78, 5) is 17.5. The largest absolute Gasteiger partial charge is 0.481 e. The fourth-order valence-electron chi connectivity index (χ4n) is 2.12. The Morgan fingerprint density at radius 3 is 2.48 bits per heavy atom. The summed E-state index contributed by atoms with van der Waals surface area (Å²) in [7, 11) is 2.09. The number of hydrogen-bond donors (Lipinski definition) is 2. The fourth-order valence-corrected chi connectivity index (χ4v) is 2.12. The predicted molar refractivity (Wildman–Crippen MR) is 89.0 cm³/mol. The van der Waals surface area contributed by atoms with E-state index in [0.29, 0.717) is 5.92 Å². The highest BCUT2D eigenvalue weighted by atomic mass is 16.4. The number of carboxylic acid groups (broad SMARTS) is 1. The van der Waals surface area contributed by atoms with Gasteiger partial charge in [-0.25, -0.2) is 0 Å². The second-order valence-corrected chi connectivity index (χ2v) is 6.10. The van der Waals surface area contributed by atoms with Gasteiger partial charge in [-0.15, -0.1) is 0 Å². The molecule has 0 saturated heterocycles. The zero-order valence-electron chi connectivity index (χ0n) is 14.4. The van der Waals surface area contributed by atoms with Gasteiger partial charge in [0.1, 0.15) is 0 Å². The molecular weight excluding hydrogens is 266 g/mol. The summed E-state index contributed by atoms with van der Waals surface area (Å²) < 4.78 is 0. The zero-order valence-corrected chi connectivity index (χ0v) is 14.4. The Labute approximate surface area is 129 Å². The summed E-state index contributed by atoms with van der Waals surface area (Å²) in [5.74, 6) is 1.07. The third kappa shape index (κ3) is 11.3. The molecule has 0 aliphatic rings. The molecule has 0 fully saturated rings. The van der Waals surface area contributed by atoms with Crippen LogP contribution < -0.4 is 5.32 Å². The van der Waals surface area contributed by atoms with E-state index in [1.807, 2.05) is 6.92 Å². The van der Waals surface area contributed by atoms with Gasteiger partial charge in [0.15, 0.2) is 0 Å². The van der Waals surface area contributed by atoms with Crippen LogP contribution in [-0.4, -0.2) is 55.0 Å². The lowest BCUT2D eigenvalue weighted by molar-refractivity contribution is -0.138. The third-order valence-corrected chi connectivity index (χ3v) is 3.41. The van der Waals surface area contributed by atoms with Crippen LogP contribution in [0, 0.1) is 11.8 Å². The van der Waals surface area contributed by atoms with Gasteiger partial charge < -0.3 is 15.3 Å². The number of carboxylic acids is 1. The van der Waals surface area contributed by atoms with Crippen LogP contribution in [0.25, 0.3) is 0 Å². The second kappa shape index (κ2) is 11.5. The van der Waals surface area contributed by atoms with Crippen molar-refractivity contribution in [2.75, 3.05) is 33.2 Å². The highest BCUT2D eigenvalue weighted by molar-refractivity contribution is 5.83. The lowest BCUT2D eigenvalue weighted by Crippen LogP contribution is -2.28. The molecule has 1 unspecified atom stereocenters. The minimum Gasteiger partial charge on any atom is -0.481 e. The number of aliphatic carboxylic acids is 1. The van der Waals surface area contributed by atoms with Gasteiger partial charge in [-0.2, -0.15) is 0 Å². The summed E-state index contributed by atoms with van der Waals surface area (Å²) >= 11 is 0. The van der Waals surface area contributed by atoms with Crippen LogP contribution in [0.2, 0.25) is 0 Å². The van der Waals surface area contributed by atoms with Crippen molar-refractivity contribution in [2.45, 2.75) is 47.0 Å². The molecule has 0 aromatic heterocycles. The van der Waals surface area contributed by atoms with E-state index in [9.17, 15) is 4.79 Å². The molecule has 124 valence electrons. The first kappa shape index (κ1) is 19.9. The lowest BCUT2D eigenvalue weighted by Gasteiger charge is -2.18. The molecule has 5 heteroatoms. The van der Waals surface area contributed by atoms with Crippen LogP contribution in [0.4, 0.5) is 0 Å². The molecule has 2 N–H and O–H groups in total. The molecular formula is C16H33N3O2. The maximum absolute atomic E-state index is 10.6. The van der Waals surface area contributed by atoms with E-state index in [-0.39, 0.29) is 12.3 Å². The predicted octanol–water partition coefficient (Wildman–Crippen LogP) is 2.47. The molecule has 0 aromatic rings. The quantitative estimate of drug-likeness (QED) is 0.349. The van der Waals surface area contributed by atoms with Gasteiger partial charge in [-0.1, -0.05) is 20.8 Å². The average Bonchev–Trinajstić information content (AvgIpc) is 2.39. The van der Waals surface area contributed by atoms with Crippen molar-refractivity contribution in [1.29, 1.82) is 0 Å². The molecule has 0 aliphatic carbocycles. The molecule has 0 bridgehead atoms. The summed E-state index contributed by atoms with van der Waals surface area (Å²) in [5.41, 5.74) is 0. The highest BCUT2D eigenvalue weighted by Crippen LogP contribution is 2.08. The Bertz CT molecular complexity index is 317. The fraction of sp³-hybridized carbons (Fsp3) is 0.875. The van der Waals surface area contributed by atoms with Gasteiger partial charge in [-0.3, -0.25) is 9.79 Å². The van der Waals surface area contributed by atoms with Crippen LogP contribution in [-0.2, 0) is 4.79 Å². The molecule has 0 amide bonds. The van der Waals surface area contributed by atoms with E-state index in [0.717, 1.165) is 44.9 Å². The van der Waals surface area contributed by atoms with Gasteiger partial charge in [0.25, 0.3) is 0 Å². The van der Waals surface area contributed by atoms with Crippen molar-refractivity contribution in [2.24, 2.45) is 16.8 Å². The zero-order chi connectivity index (χ0) is 16.3. The van der Waals surface area contributed by atoms with Crippen LogP contribution in [0.3, 0.4) is 0 Å². The normalized spacial score (nSPS) is 13.8. The molecule has 5 nitrogen and oxygen atoms in total. The molecule has 21 heavy (non-hydrogen) atoms. The van der Waals surface area contributed by atoms with Gasteiger partial charge in [-0.05, 0) is 45.8 Å². The SMILES string of the molecule is CCNC(=NCCCN(C)CCC(C)CC(=O)O)C(C)C. The van der Waals surface area contributed by atoms with E-state index >= 15 is 0 Å². The summed E-state index contributed by atoms with van der Waals surface area (Å²) in [6.07, 6.45) is 2.23. The first-order valence-electron chi connectivity index (χ1n) is 8.05. The number of hydrogen-bond acceptors (Lipinski definition) is 3. The summed E-state index contributed by atoms with van der Waals surface area (Å²) in [6.45, 7) is 12.1. The number of aliphatic imine (C=N–C) groups is 1. The monoisotopic (exact) mass is 299 g/mol. The molecule has 0 saturated carbocycles. The van der Waals surface area contributed by atoms with Gasteiger partial charge in [0.05, 0.1) is 5.84 Å². The number of nitrogens with one attached hydrogen (secondary N) is 1. The Morgan fingerprint density at radius 2 is 1.95 bits per heavy atom. The van der Waals surface area contributed by atoms with Crippen molar-refractivity contribution < 1.29 is 9.90 Å². The van der Waals surface area contributed by atoms with Crippen LogP contribution >= 0.6 is 0 Å². The lowest BCUT2D eigenvalue weighted by atomic mass is 10.0. The Morgan fingerprint density at radius 1 is 1.29 bits per heavy atom. The Balaban J connectivity index is 3.85. The number of amidine groups is 1. The van der Waals surface area contributed by atoms with Crippen molar-refractivity contribution >= 4 is 11.8 Å². The highest BCUT2D eigenvalue weighted by Gasteiger charge is 2.08. The molecule has 0 rings (SSSR count). The maximum Gasteiger partial charge on any atom is 0.303 e. The molecule has 0 heterocycles. The molecule has 0 spiro atoms. The van der Waals surface area contributed by atoms with Crippen molar-refractivity contribution in [3.05, 3.63) is 0 Å². The maximum atomic E-state index is 10.6. The minimum absolute atomic E-state index is 0.240. The Kier molecular flexibility index (Phi) is 10.9. The van der Waals surface area contributed by atoms with Crippen LogP contribution in [0.1, 0.15) is 47.0 Å². The smallest absolute Gasteiger partial charge is 0.303 e. The van der Waals surface area contributed by atoms with Gasteiger partial charge in [0, 0.05) is 25.4 Å². The first-order chi connectivity index (χ1) is 9.86. The number of carbonyl (C=O) groups is 1. The number of nitrogens with zero attached hydrogens (tertiary/aromatic N) is 2. The topological polar surface area (TPSA) is 64.9 Å². The summed E-state index contributed by atoms with van der Waals surface area (Å²) in [5, 5.41) is 12.0. The van der Waals surface area contributed by atoms with Gasteiger partial charge in [0.2, 0.25) is 0 Å². The Hall–Kier alpha value is -1.10. The van der Waals surface area contributed by atoms with E-state index in [4.69, 9.17) is 5.11 Å². The molecule has 1 atom stereocenters. The van der Waals surface area contributed by atoms with E-state index in [2.05, 4.69) is 43.0 Å². The van der Waals surface area contributed by atoms with E-state index in [1.165, 1.54) is 0 Å². The first-order valence-corrected chi connectivity index (χ1v) is 8.05. The standard InChI is InChI=1S/C16H33N3O2/c1-6-17-16(13(2)3)18-9-7-10-19(5)11-8-14(4)12-15(20)21/h13-14H,6-12H2,1-5H3,(H,17,18)(H,20,21). The molecule has 0 aliphatic heterocycles. The molecule has 0 radical (unpaired) electrons. The van der Waals surface area contributed by atoms with Gasteiger partial charge >= 0.3 is 5.97 Å². The minimum atomic E-state index is -0.705. The van der Waals surface area contributed by atoms with Crippen LogP contribution in [0.5, 0.6) is 0 Å². The second-order valence-electron chi connectivity index (χ2n) is 6.10.